The van der Waals surface area contributed by atoms with Crippen molar-refractivity contribution in [1.82, 2.24) is 0 Å². The highest BCUT2D eigenvalue weighted by atomic mass is 35.5. The molecule has 0 aliphatic rings. The van der Waals surface area contributed by atoms with Gasteiger partial charge in [-0.25, -0.2) is 4.79 Å². The lowest BCUT2D eigenvalue weighted by Gasteiger charge is -2.05. The summed E-state index contributed by atoms with van der Waals surface area (Å²) < 4.78 is 16.1. The third-order valence-corrected chi connectivity index (χ3v) is 4.07. The van der Waals surface area contributed by atoms with Gasteiger partial charge in [-0.05, 0) is 60.7 Å². The Hall–Kier alpha value is -3.98. The van der Waals surface area contributed by atoms with Gasteiger partial charge in [-0.15, -0.1) is 0 Å². The number of oxime groups is 1. The minimum atomic E-state index is -0.817. The van der Waals surface area contributed by atoms with Gasteiger partial charge in [0.05, 0.1) is 0 Å². The predicted octanol–water partition coefficient (Wildman–Crippen LogP) is 2.85. The van der Waals surface area contributed by atoms with E-state index in [9.17, 15) is 9.59 Å². The summed E-state index contributed by atoms with van der Waals surface area (Å²) in [6, 6.07) is 16.2. The van der Waals surface area contributed by atoms with Gasteiger partial charge in [0.2, 0.25) is 5.76 Å². The van der Waals surface area contributed by atoms with E-state index in [1.54, 1.807) is 54.6 Å². The second-order valence-corrected chi connectivity index (χ2v) is 6.58. The van der Waals surface area contributed by atoms with Crippen LogP contribution in [0.15, 0.2) is 70.2 Å². The molecule has 0 spiro atoms. The summed E-state index contributed by atoms with van der Waals surface area (Å²) in [6.45, 7) is -0.124. The van der Waals surface area contributed by atoms with Gasteiger partial charge in [-0.1, -0.05) is 16.8 Å². The van der Waals surface area contributed by atoms with E-state index < -0.39 is 11.9 Å². The number of nitrogens with two attached hydrogens (primary N) is 2. The van der Waals surface area contributed by atoms with Gasteiger partial charge in [0.25, 0.3) is 5.91 Å². The van der Waals surface area contributed by atoms with Crippen molar-refractivity contribution in [3.05, 3.63) is 82.8 Å². The zero-order chi connectivity index (χ0) is 22.2. The number of nitrogens with zero attached hydrogens (tertiary/aromatic N) is 1. The first kappa shape index (κ1) is 21.7. The lowest BCUT2D eigenvalue weighted by molar-refractivity contribution is -0.119. The molecule has 0 saturated carbocycles. The van der Waals surface area contributed by atoms with Crippen molar-refractivity contribution >= 4 is 29.3 Å². The predicted molar refractivity (Wildman–Crippen MR) is 112 cm³/mol. The average Bonchev–Trinajstić information content (AvgIpc) is 3.25. The van der Waals surface area contributed by atoms with E-state index in [0.717, 1.165) is 0 Å². The smallest absolute Gasteiger partial charge is 0.400 e. The minimum absolute atomic E-state index is 0.0346. The average molecular weight is 444 g/mol. The summed E-state index contributed by atoms with van der Waals surface area (Å²) in [5.41, 5.74) is 11.3. The highest BCUT2D eigenvalue weighted by molar-refractivity contribution is 6.30. The molecule has 1 aromatic heterocycles. The second kappa shape index (κ2) is 10.2. The van der Waals surface area contributed by atoms with Crippen LogP contribution < -0.4 is 20.9 Å². The molecule has 10 heteroatoms. The molecule has 0 saturated heterocycles. The summed E-state index contributed by atoms with van der Waals surface area (Å²) in [5.74, 6) is -0.0408. The Morgan fingerprint density at radius 3 is 2.23 bits per heavy atom. The Kier molecular flexibility index (Phi) is 7.13. The fourth-order valence-electron chi connectivity index (χ4n) is 2.32. The lowest BCUT2D eigenvalue weighted by Crippen LogP contribution is -2.20. The van der Waals surface area contributed by atoms with Crippen LogP contribution in [0.2, 0.25) is 5.02 Å². The number of furan rings is 1. The Bertz CT molecular complexity index is 1080. The summed E-state index contributed by atoms with van der Waals surface area (Å²) in [7, 11) is 0. The first-order valence-corrected chi connectivity index (χ1v) is 9.32. The first-order chi connectivity index (χ1) is 14.9. The molecule has 0 aliphatic heterocycles. The quantitative estimate of drug-likeness (QED) is 0.224. The minimum Gasteiger partial charge on any atom is -0.486 e. The van der Waals surface area contributed by atoms with E-state index in [0.29, 0.717) is 27.8 Å². The molecule has 0 aliphatic carbocycles. The van der Waals surface area contributed by atoms with Crippen molar-refractivity contribution in [1.29, 1.82) is 0 Å². The standard InChI is InChI=1S/C21H18ClN3O6/c22-14-3-7-16(8-4-14)28-11-17-9-10-18(30-17)21(27)31-25-20(24)13-1-5-15(6-2-13)29-12-19(23)26/h1-10H,11-12H2,(H2,23,26)(H2,24,25). The zero-order valence-electron chi connectivity index (χ0n) is 16.1. The van der Waals surface area contributed by atoms with Crippen LogP contribution in [0.4, 0.5) is 0 Å². The Morgan fingerprint density at radius 2 is 1.55 bits per heavy atom. The number of amides is 1. The third kappa shape index (κ3) is 6.51. The van der Waals surface area contributed by atoms with Crippen LogP contribution in [-0.2, 0) is 16.2 Å². The van der Waals surface area contributed by atoms with Gasteiger partial charge in [0, 0.05) is 10.6 Å². The normalized spacial score (nSPS) is 11.1. The fourth-order valence-corrected chi connectivity index (χ4v) is 2.44. The highest BCUT2D eigenvalue weighted by Crippen LogP contribution is 2.18. The van der Waals surface area contributed by atoms with E-state index in [-0.39, 0.29) is 24.8 Å². The van der Waals surface area contributed by atoms with Crippen LogP contribution in [0.3, 0.4) is 0 Å². The maximum atomic E-state index is 12.1. The molecule has 4 N–H and O–H groups in total. The fraction of sp³-hybridized carbons (Fsp3) is 0.0952. The van der Waals surface area contributed by atoms with Crippen molar-refractivity contribution in [2.75, 3.05) is 6.61 Å². The van der Waals surface area contributed by atoms with Crippen LogP contribution in [0, 0.1) is 0 Å². The van der Waals surface area contributed by atoms with E-state index in [1.807, 2.05) is 0 Å². The number of carbonyl (C=O) groups excluding carboxylic acids is 2. The van der Waals surface area contributed by atoms with Gasteiger partial charge in [0.1, 0.15) is 23.9 Å². The molecule has 160 valence electrons. The molecule has 1 heterocycles. The van der Waals surface area contributed by atoms with Crippen molar-refractivity contribution in [2.45, 2.75) is 6.61 Å². The highest BCUT2D eigenvalue weighted by Gasteiger charge is 2.14. The SMILES string of the molecule is NC(=O)COc1ccc(/C(N)=N/OC(=O)c2ccc(COc3ccc(Cl)cc3)o2)cc1. The number of amidine groups is 1. The van der Waals surface area contributed by atoms with Gasteiger partial charge < -0.3 is 30.2 Å². The second-order valence-electron chi connectivity index (χ2n) is 6.14. The molecule has 2 aromatic carbocycles. The van der Waals surface area contributed by atoms with E-state index in [4.69, 9.17) is 41.8 Å². The van der Waals surface area contributed by atoms with E-state index in [1.165, 1.54) is 6.07 Å². The van der Waals surface area contributed by atoms with Crippen LogP contribution in [0.5, 0.6) is 11.5 Å². The van der Waals surface area contributed by atoms with Crippen molar-refractivity contribution < 1.29 is 28.3 Å². The molecule has 0 radical (unpaired) electrons. The Labute approximate surface area is 182 Å². The maximum absolute atomic E-state index is 12.1. The number of primary amides is 1. The van der Waals surface area contributed by atoms with Gasteiger partial charge in [-0.3, -0.25) is 4.79 Å². The van der Waals surface area contributed by atoms with Crippen LogP contribution in [-0.4, -0.2) is 24.3 Å². The van der Waals surface area contributed by atoms with Crippen molar-refractivity contribution in [2.24, 2.45) is 16.6 Å². The van der Waals surface area contributed by atoms with Crippen LogP contribution >= 0.6 is 11.6 Å². The topological polar surface area (TPSA) is 139 Å². The number of hydrogen-bond donors (Lipinski definition) is 2. The molecule has 9 nitrogen and oxygen atoms in total. The number of benzene rings is 2. The third-order valence-electron chi connectivity index (χ3n) is 3.82. The van der Waals surface area contributed by atoms with E-state index in [2.05, 4.69) is 5.16 Å². The molecule has 0 atom stereocenters. The lowest BCUT2D eigenvalue weighted by atomic mass is 10.2. The van der Waals surface area contributed by atoms with Gasteiger partial charge >= 0.3 is 5.97 Å². The first-order valence-electron chi connectivity index (χ1n) is 8.94. The van der Waals surface area contributed by atoms with Gasteiger partial charge in [0.15, 0.2) is 12.4 Å². The maximum Gasteiger partial charge on any atom is 0.400 e. The number of ether oxygens (including phenoxy) is 2. The number of rotatable bonds is 9. The molecule has 0 unspecified atom stereocenters. The molecule has 0 bridgehead atoms. The molecule has 3 aromatic rings. The number of carbonyl (C=O) groups is 2. The summed E-state index contributed by atoms with van der Waals surface area (Å²) in [5, 5.41) is 4.21. The molecule has 3 rings (SSSR count). The van der Waals surface area contributed by atoms with Crippen LogP contribution in [0.1, 0.15) is 21.9 Å². The summed E-state index contributed by atoms with van der Waals surface area (Å²) in [6.07, 6.45) is 0. The molecule has 31 heavy (non-hydrogen) atoms. The summed E-state index contributed by atoms with van der Waals surface area (Å²) in [4.78, 5) is 27.7. The Balaban J connectivity index is 1.53. The van der Waals surface area contributed by atoms with E-state index >= 15 is 0 Å². The molecule has 1 amide bonds. The summed E-state index contributed by atoms with van der Waals surface area (Å²) >= 11 is 5.82. The monoisotopic (exact) mass is 443 g/mol. The molecular formula is C21H18ClN3O6. The number of hydrogen-bond acceptors (Lipinski definition) is 7. The Morgan fingerprint density at radius 1 is 0.903 bits per heavy atom. The van der Waals surface area contributed by atoms with Crippen molar-refractivity contribution in [3.63, 3.8) is 0 Å². The largest absolute Gasteiger partial charge is 0.486 e. The zero-order valence-corrected chi connectivity index (χ0v) is 16.9. The number of halogens is 1. The molecular weight excluding hydrogens is 426 g/mol. The van der Waals surface area contributed by atoms with Crippen LogP contribution in [0.25, 0.3) is 0 Å². The molecule has 0 fully saturated rings. The van der Waals surface area contributed by atoms with Gasteiger partial charge in [-0.2, -0.15) is 0 Å². The van der Waals surface area contributed by atoms with Crippen molar-refractivity contribution in [3.8, 4) is 11.5 Å².